The Hall–Kier alpha value is -1.50. The van der Waals surface area contributed by atoms with E-state index in [0.29, 0.717) is 5.95 Å². The Balaban J connectivity index is 2.48. The molecular weight excluding hydrogens is 188 g/mol. The standard InChI is InChI=1S/C6H8N6S/c1-7-6-10-9-5(12(6)2)4-3-13-11-8-4/h3H,1-2H3,(H,7,10). The Morgan fingerprint density at radius 3 is 2.77 bits per heavy atom. The molecule has 0 atom stereocenters. The number of nitrogens with zero attached hydrogens (tertiary/aromatic N) is 5. The fourth-order valence-corrected chi connectivity index (χ4v) is 1.47. The largest absolute Gasteiger partial charge is 0.357 e. The van der Waals surface area contributed by atoms with Crippen LogP contribution in [0.2, 0.25) is 0 Å². The number of anilines is 1. The van der Waals surface area contributed by atoms with E-state index in [0.717, 1.165) is 11.5 Å². The Kier molecular flexibility index (Phi) is 1.93. The summed E-state index contributed by atoms with van der Waals surface area (Å²) in [7, 11) is 3.67. The molecule has 6 nitrogen and oxygen atoms in total. The number of aromatic nitrogens is 5. The molecular formula is C6H8N6S. The highest BCUT2D eigenvalue weighted by atomic mass is 32.1. The van der Waals surface area contributed by atoms with Crippen LogP contribution in [0.1, 0.15) is 0 Å². The number of nitrogens with one attached hydrogen (secondary N) is 1. The summed E-state index contributed by atoms with van der Waals surface area (Å²) in [5.74, 6) is 1.43. The molecule has 0 fully saturated rings. The van der Waals surface area contributed by atoms with Gasteiger partial charge in [0.25, 0.3) is 0 Å². The fraction of sp³-hybridized carbons (Fsp3) is 0.333. The van der Waals surface area contributed by atoms with Crippen LogP contribution in [-0.2, 0) is 7.05 Å². The van der Waals surface area contributed by atoms with Crippen LogP contribution in [-0.4, -0.2) is 31.4 Å². The van der Waals surface area contributed by atoms with Crippen molar-refractivity contribution in [3.05, 3.63) is 5.38 Å². The van der Waals surface area contributed by atoms with E-state index < -0.39 is 0 Å². The van der Waals surface area contributed by atoms with Crippen LogP contribution in [0.15, 0.2) is 5.38 Å². The lowest BCUT2D eigenvalue weighted by atomic mass is 10.5. The molecule has 0 bridgehead atoms. The van der Waals surface area contributed by atoms with Crippen LogP contribution < -0.4 is 5.32 Å². The Morgan fingerprint density at radius 2 is 2.23 bits per heavy atom. The SMILES string of the molecule is CNc1nnc(-c2csnn2)n1C. The summed E-state index contributed by atoms with van der Waals surface area (Å²) in [4.78, 5) is 0. The van der Waals surface area contributed by atoms with Crippen molar-refractivity contribution in [1.82, 2.24) is 24.4 Å². The van der Waals surface area contributed by atoms with E-state index in [1.807, 2.05) is 17.0 Å². The molecule has 2 rings (SSSR count). The van der Waals surface area contributed by atoms with Crippen molar-refractivity contribution in [2.45, 2.75) is 0 Å². The summed E-state index contributed by atoms with van der Waals surface area (Å²) in [6.45, 7) is 0. The van der Waals surface area contributed by atoms with Crippen molar-refractivity contribution < 1.29 is 0 Å². The molecule has 1 N–H and O–H groups in total. The van der Waals surface area contributed by atoms with Crippen molar-refractivity contribution in [2.24, 2.45) is 7.05 Å². The monoisotopic (exact) mass is 196 g/mol. The van der Waals surface area contributed by atoms with Gasteiger partial charge in [0.05, 0.1) is 0 Å². The van der Waals surface area contributed by atoms with E-state index in [2.05, 4.69) is 25.1 Å². The molecule has 2 heterocycles. The predicted octanol–water partition coefficient (Wildman–Crippen LogP) is 0.375. The van der Waals surface area contributed by atoms with Gasteiger partial charge >= 0.3 is 0 Å². The lowest BCUT2D eigenvalue weighted by Gasteiger charge is -1.98. The average molecular weight is 196 g/mol. The molecule has 0 radical (unpaired) electrons. The van der Waals surface area contributed by atoms with Crippen molar-refractivity contribution in [3.8, 4) is 11.5 Å². The van der Waals surface area contributed by atoms with Gasteiger partial charge in [-0.1, -0.05) is 4.49 Å². The Bertz CT molecular complexity index is 391. The van der Waals surface area contributed by atoms with Gasteiger partial charge in [0.15, 0.2) is 5.82 Å². The first kappa shape index (κ1) is 8.11. The molecule has 0 aliphatic carbocycles. The molecule has 7 heteroatoms. The quantitative estimate of drug-likeness (QED) is 0.751. The van der Waals surface area contributed by atoms with Crippen LogP contribution >= 0.6 is 11.5 Å². The summed E-state index contributed by atoms with van der Waals surface area (Å²) in [6.07, 6.45) is 0. The molecule has 0 saturated carbocycles. The van der Waals surface area contributed by atoms with Gasteiger partial charge in [-0.3, -0.25) is 4.57 Å². The van der Waals surface area contributed by atoms with Crippen LogP contribution in [0.4, 0.5) is 5.95 Å². The highest BCUT2D eigenvalue weighted by molar-refractivity contribution is 7.03. The van der Waals surface area contributed by atoms with Gasteiger partial charge in [-0.25, -0.2) is 0 Å². The second kappa shape index (κ2) is 3.09. The van der Waals surface area contributed by atoms with Gasteiger partial charge in [0.2, 0.25) is 5.95 Å². The molecule has 68 valence electrons. The molecule has 0 unspecified atom stereocenters. The van der Waals surface area contributed by atoms with Crippen LogP contribution in [0, 0.1) is 0 Å². The van der Waals surface area contributed by atoms with Gasteiger partial charge in [-0.05, 0) is 11.5 Å². The number of rotatable bonds is 2. The van der Waals surface area contributed by atoms with E-state index in [9.17, 15) is 0 Å². The minimum absolute atomic E-state index is 0.711. The highest BCUT2D eigenvalue weighted by Crippen LogP contribution is 2.16. The van der Waals surface area contributed by atoms with Crippen LogP contribution in [0.25, 0.3) is 11.5 Å². The minimum atomic E-state index is 0.711. The highest BCUT2D eigenvalue weighted by Gasteiger charge is 2.10. The third-order valence-corrected chi connectivity index (χ3v) is 2.19. The zero-order valence-corrected chi connectivity index (χ0v) is 8.04. The zero-order valence-electron chi connectivity index (χ0n) is 7.22. The third kappa shape index (κ3) is 1.26. The topological polar surface area (TPSA) is 68.5 Å². The van der Waals surface area contributed by atoms with Gasteiger partial charge in [-0.2, -0.15) is 0 Å². The number of hydrogen-bond donors (Lipinski definition) is 1. The Morgan fingerprint density at radius 1 is 1.38 bits per heavy atom. The van der Waals surface area contributed by atoms with Crippen molar-refractivity contribution >= 4 is 17.5 Å². The second-order valence-corrected chi connectivity index (χ2v) is 3.06. The first-order valence-corrected chi connectivity index (χ1v) is 4.51. The first-order chi connectivity index (χ1) is 6.33. The van der Waals surface area contributed by atoms with Crippen LogP contribution in [0.3, 0.4) is 0 Å². The van der Waals surface area contributed by atoms with E-state index in [1.165, 1.54) is 11.5 Å². The maximum atomic E-state index is 3.98. The molecule has 2 aromatic rings. The predicted molar refractivity (Wildman–Crippen MR) is 49.5 cm³/mol. The summed E-state index contributed by atoms with van der Waals surface area (Å²) < 4.78 is 5.59. The minimum Gasteiger partial charge on any atom is -0.357 e. The lowest BCUT2D eigenvalue weighted by molar-refractivity contribution is 0.916. The molecule has 0 aliphatic rings. The van der Waals surface area contributed by atoms with Crippen molar-refractivity contribution in [3.63, 3.8) is 0 Å². The summed E-state index contributed by atoms with van der Waals surface area (Å²) in [5.41, 5.74) is 0.751. The van der Waals surface area contributed by atoms with Crippen LogP contribution in [0.5, 0.6) is 0 Å². The summed E-state index contributed by atoms with van der Waals surface area (Å²) >= 11 is 1.30. The molecule has 0 aromatic carbocycles. The molecule has 0 amide bonds. The van der Waals surface area contributed by atoms with E-state index in [1.54, 1.807) is 7.05 Å². The summed E-state index contributed by atoms with van der Waals surface area (Å²) in [6, 6.07) is 0. The average Bonchev–Trinajstić information content (AvgIpc) is 2.72. The van der Waals surface area contributed by atoms with Crippen molar-refractivity contribution in [2.75, 3.05) is 12.4 Å². The van der Waals surface area contributed by atoms with Gasteiger partial charge in [0, 0.05) is 19.5 Å². The third-order valence-electron chi connectivity index (χ3n) is 1.69. The molecule has 13 heavy (non-hydrogen) atoms. The normalized spacial score (nSPS) is 10.3. The molecule has 2 aromatic heterocycles. The molecule has 0 aliphatic heterocycles. The van der Waals surface area contributed by atoms with E-state index in [-0.39, 0.29) is 0 Å². The maximum absolute atomic E-state index is 3.98. The molecule has 0 saturated heterocycles. The zero-order chi connectivity index (χ0) is 9.26. The van der Waals surface area contributed by atoms with E-state index in [4.69, 9.17) is 0 Å². The van der Waals surface area contributed by atoms with Crippen molar-refractivity contribution in [1.29, 1.82) is 0 Å². The lowest BCUT2D eigenvalue weighted by Crippen LogP contribution is -1.99. The second-order valence-electron chi connectivity index (χ2n) is 2.45. The van der Waals surface area contributed by atoms with E-state index >= 15 is 0 Å². The number of hydrogen-bond acceptors (Lipinski definition) is 6. The first-order valence-electron chi connectivity index (χ1n) is 3.67. The maximum Gasteiger partial charge on any atom is 0.224 e. The smallest absolute Gasteiger partial charge is 0.224 e. The summed E-state index contributed by atoms with van der Waals surface area (Å²) in [5, 5.41) is 16.6. The Labute approximate surface area is 78.8 Å². The van der Waals surface area contributed by atoms with Gasteiger partial charge < -0.3 is 5.32 Å². The molecule has 0 spiro atoms. The van der Waals surface area contributed by atoms with Gasteiger partial charge in [-0.15, -0.1) is 15.3 Å². The fourth-order valence-electron chi connectivity index (χ4n) is 1.03. The van der Waals surface area contributed by atoms with Gasteiger partial charge in [0.1, 0.15) is 5.69 Å².